The maximum Gasteiger partial charge on any atom is 0.0648 e. The highest BCUT2D eigenvalue weighted by Gasteiger charge is 2.32. The molecule has 0 spiro atoms. The fourth-order valence-corrected chi connectivity index (χ4v) is 12.3. The lowest BCUT2D eigenvalue weighted by Gasteiger charge is -2.31. The van der Waals surface area contributed by atoms with Crippen LogP contribution in [0, 0.1) is 0 Å². The first-order chi connectivity index (χ1) is 52.0. The lowest BCUT2D eigenvalue weighted by Crippen LogP contribution is -2.15. The van der Waals surface area contributed by atoms with Crippen LogP contribution in [0.25, 0.3) is 98.4 Å². The smallest absolute Gasteiger partial charge is 0.0648 e. The molecule has 11 aromatic carbocycles. The molecule has 4 heterocycles. The lowest BCUT2D eigenvalue weighted by atomic mass is 9.85. The molecular formula is C82H74N4. The molecule has 0 N–H and O–H groups in total. The number of hydrogen-bond acceptors (Lipinski definition) is 2. The van der Waals surface area contributed by atoms with Crippen molar-refractivity contribution in [3.8, 4) is 22.3 Å². The molecule has 0 aliphatic heterocycles. The van der Waals surface area contributed by atoms with Crippen molar-refractivity contribution in [2.45, 2.75) is 105 Å². The van der Waals surface area contributed by atoms with Gasteiger partial charge in [0.05, 0.1) is 91.5 Å². The van der Waals surface area contributed by atoms with Gasteiger partial charge in [0, 0.05) is 65.6 Å². The summed E-state index contributed by atoms with van der Waals surface area (Å²) in [5, 5.41) is 4.42. The van der Waals surface area contributed by atoms with Gasteiger partial charge in [0.25, 0.3) is 0 Å². The van der Waals surface area contributed by atoms with E-state index in [0.717, 1.165) is 11.1 Å². The molecular weight excluding hydrogens is 1040 g/mol. The number of rotatable bonds is 8. The van der Waals surface area contributed by atoms with E-state index in [4.69, 9.17) is 11.0 Å². The molecule has 15 rings (SSSR count). The minimum Gasteiger partial charge on any atom is -0.309 e. The molecule has 0 aliphatic rings. The van der Waals surface area contributed by atoms with Crippen molar-refractivity contribution >= 4 is 110 Å². The van der Waals surface area contributed by atoms with Crippen molar-refractivity contribution in [1.29, 1.82) is 0 Å². The summed E-state index contributed by atoms with van der Waals surface area (Å²) in [5.74, 6) is 0. The van der Waals surface area contributed by atoms with Gasteiger partial charge in [0.2, 0.25) is 0 Å². The van der Waals surface area contributed by atoms with E-state index < -0.39 is 224 Å². The fraction of sp³-hybridized carbons (Fsp3) is 0.195. The molecule has 86 heavy (non-hydrogen) atoms. The van der Waals surface area contributed by atoms with E-state index in [9.17, 15) is 24.7 Å². The van der Waals surface area contributed by atoms with Crippen LogP contribution in [-0.4, -0.2) is 8.80 Å². The second-order valence-corrected chi connectivity index (χ2v) is 26.3. The Hall–Kier alpha value is -9.38. The summed E-state index contributed by atoms with van der Waals surface area (Å²) < 4.78 is 250. The average Bonchev–Trinajstić information content (AvgIpc) is 1.49. The van der Waals surface area contributed by atoms with Crippen LogP contribution in [0.5, 0.6) is 0 Å². The highest BCUT2D eigenvalue weighted by atomic mass is 15.2. The largest absolute Gasteiger partial charge is 0.309 e. The van der Waals surface area contributed by atoms with Crippen molar-refractivity contribution in [3.63, 3.8) is 0 Å². The lowest BCUT2D eigenvalue weighted by molar-refractivity contribution is 0.590. The quantitative estimate of drug-likeness (QED) is 0.151. The molecule has 0 radical (unpaired) electrons. The molecule has 0 unspecified atom stereocenters. The Balaban J connectivity index is 1.14. The van der Waals surface area contributed by atoms with Crippen LogP contribution < -0.4 is 9.80 Å². The summed E-state index contributed by atoms with van der Waals surface area (Å²) in [6.45, 7) is 22.4. The van der Waals surface area contributed by atoms with Crippen LogP contribution in [0.1, 0.15) is 141 Å². The molecule has 0 atom stereocenters. The van der Waals surface area contributed by atoms with Crippen molar-refractivity contribution in [3.05, 3.63) is 252 Å². The van der Waals surface area contributed by atoms with Gasteiger partial charge in [-0.3, -0.25) is 0 Å². The van der Waals surface area contributed by atoms with Crippen molar-refractivity contribution in [1.82, 2.24) is 8.80 Å². The Morgan fingerprint density at radius 1 is 0.302 bits per heavy atom. The number of anilines is 6. The topological polar surface area (TPSA) is 15.3 Å². The molecule has 0 saturated carbocycles. The maximum absolute atomic E-state index is 10.5. The van der Waals surface area contributed by atoms with E-state index in [0.29, 0.717) is 76.2 Å². The molecule has 15 aromatic rings. The Morgan fingerprint density at radius 2 is 0.651 bits per heavy atom. The number of aromatic nitrogens is 2. The molecule has 4 heteroatoms. The first kappa shape index (κ1) is 32.2. The summed E-state index contributed by atoms with van der Waals surface area (Å²) in [5.41, 5.74) is -2.11. The third-order valence-electron chi connectivity index (χ3n) is 16.6. The summed E-state index contributed by atoms with van der Waals surface area (Å²) in [4.78, 5) is 2.54. The van der Waals surface area contributed by atoms with E-state index in [1.165, 1.54) is 9.80 Å². The van der Waals surface area contributed by atoms with E-state index in [1.807, 2.05) is 98.9 Å². The highest BCUT2D eigenvalue weighted by Crippen LogP contribution is 2.54. The van der Waals surface area contributed by atoms with Crippen molar-refractivity contribution < 1.29 is 35.6 Å². The van der Waals surface area contributed by atoms with Crippen LogP contribution in [0.2, 0.25) is 0 Å². The molecule has 0 fully saturated rings. The third-order valence-corrected chi connectivity index (χ3v) is 16.6. The van der Waals surface area contributed by atoms with Gasteiger partial charge < -0.3 is 18.6 Å². The standard InChI is InChI=1S/C82H74N4/c1-79(2,3)53-35-41-67-65(45-53)75-69(83(57-29-21-15-22-30-57)71-47-55(81(7,8)9)33-37-59(71)51-25-17-13-18-26-51)43-39-61-63-50-74-64(49-73(63)85(67)77(61)75)62-40-44-70(76-66-46-54(80(4,5)6)36-42-68(66)86(74)78(62)76)84(58-31-23-16-24-32-58)72-48-56(82(10,11)12)34-38-60(72)52-27-19-14-20-28-52/h13-50H,1-12H3/i13D,14D,15D,16D,17D,18D,19D,20D,21D,22D,23D,24D,25D,26D,27D,28D,29D,30D,31D,32D,33D,34D,37D,38D,47D,48D. The van der Waals surface area contributed by atoms with Gasteiger partial charge >= 0.3 is 0 Å². The maximum atomic E-state index is 10.5. The van der Waals surface area contributed by atoms with Crippen LogP contribution in [0.4, 0.5) is 34.1 Å². The third kappa shape index (κ3) is 8.31. The van der Waals surface area contributed by atoms with Crippen molar-refractivity contribution in [2.24, 2.45) is 0 Å². The second kappa shape index (κ2) is 19.1. The predicted octanol–water partition coefficient (Wildman–Crippen LogP) is 23.5. The average molecular weight is 1140 g/mol. The summed E-state index contributed by atoms with van der Waals surface area (Å²) >= 11 is 0. The first-order valence-electron chi connectivity index (χ1n) is 41.6. The number of benzene rings is 11. The predicted molar refractivity (Wildman–Crippen MR) is 371 cm³/mol. The SMILES string of the molecule is [2H]c1c([2H])c([2H])c(-c2c([2H])c([2H])c(C(C)(C)C)c([2H])c2N(c2c([2H])c([2H])c([2H])c([2H])c2[2H])c2ccc3c4cc5c(cc4n4c6ccc(C(C)(C)C)cc6c2c34)c2ccc(N(c3c([2H])c([2H])c([2H])c([2H])c3[2H])c3c([2H])c(C(C)(C)C)c([2H])c([2H])c3-c3c([2H])c([2H])c([2H])c([2H])c3[2H])c3c4cc(C(C)(C)C)ccc4n5c23)c([2H])c1[2H]. The van der Waals surface area contributed by atoms with Gasteiger partial charge in [-0.05, 0) is 140 Å². The number of nitrogens with zero attached hydrogens (tertiary/aromatic N) is 4. The van der Waals surface area contributed by atoms with Gasteiger partial charge in [0.1, 0.15) is 0 Å². The van der Waals surface area contributed by atoms with E-state index in [2.05, 4.69) is 0 Å². The van der Waals surface area contributed by atoms with Gasteiger partial charge in [0.15, 0.2) is 0 Å². The Kier molecular flexibility index (Phi) is 7.14. The van der Waals surface area contributed by atoms with Crippen LogP contribution in [-0.2, 0) is 21.7 Å². The molecule has 4 aromatic heterocycles. The molecule has 0 aliphatic carbocycles. The Morgan fingerprint density at radius 3 is 1.00 bits per heavy atom. The Bertz CT molecular complexity index is 6240. The van der Waals surface area contributed by atoms with Crippen molar-refractivity contribution in [2.75, 3.05) is 9.80 Å². The minimum absolute atomic E-state index is 0.0355. The molecule has 4 nitrogen and oxygen atoms in total. The Labute approximate surface area is 542 Å². The number of para-hydroxylation sites is 2. The summed E-state index contributed by atoms with van der Waals surface area (Å²) in [7, 11) is 0. The second-order valence-electron chi connectivity index (χ2n) is 26.3. The normalized spacial score (nSPS) is 17.1. The van der Waals surface area contributed by atoms with Gasteiger partial charge in [-0.2, -0.15) is 0 Å². The molecule has 0 bridgehead atoms. The van der Waals surface area contributed by atoms with Gasteiger partial charge in [-0.15, -0.1) is 0 Å². The van der Waals surface area contributed by atoms with Gasteiger partial charge in [-0.25, -0.2) is 0 Å². The molecule has 0 amide bonds. The van der Waals surface area contributed by atoms with Gasteiger partial charge in [-0.1, -0.05) is 228 Å². The number of hydrogen-bond donors (Lipinski definition) is 0. The zero-order valence-electron chi connectivity index (χ0n) is 75.7. The van der Waals surface area contributed by atoms with E-state index >= 15 is 0 Å². The zero-order valence-corrected chi connectivity index (χ0v) is 49.7. The van der Waals surface area contributed by atoms with Crippen LogP contribution in [0.3, 0.4) is 0 Å². The zero-order chi connectivity index (χ0) is 82.0. The summed E-state index contributed by atoms with van der Waals surface area (Å²) in [6, 6.07) is 3.95. The molecule has 422 valence electrons. The van der Waals surface area contributed by atoms with E-state index in [1.54, 1.807) is 65.8 Å². The number of fused-ring (bicyclic) bond motifs is 12. The molecule has 0 saturated heterocycles. The fourth-order valence-electron chi connectivity index (χ4n) is 12.3. The summed E-state index contributed by atoms with van der Waals surface area (Å²) in [6.07, 6.45) is 0. The van der Waals surface area contributed by atoms with E-state index in [-0.39, 0.29) is 22.5 Å². The van der Waals surface area contributed by atoms with Crippen LogP contribution >= 0.6 is 0 Å². The van der Waals surface area contributed by atoms with Crippen LogP contribution in [0.15, 0.2) is 230 Å². The first-order valence-corrected chi connectivity index (χ1v) is 28.6. The highest BCUT2D eigenvalue weighted by molar-refractivity contribution is 6.32. The monoisotopic (exact) mass is 1140 g/mol. The minimum atomic E-state index is -1.14.